The molecule has 0 rings (SSSR count). The number of carboxylic acids is 3. The van der Waals surface area contributed by atoms with Gasteiger partial charge in [0.05, 0.1) is 19.1 Å². The lowest BCUT2D eigenvalue weighted by Gasteiger charge is -2.29. The summed E-state index contributed by atoms with van der Waals surface area (Å²) in [6.07, 6.45) is -3.06. The van der Waals surface area contributed by atoms with Crippen LogP contribution in [-0.2, 0) is 71.9 Å². The van der Waals surface area contributed by atoms with Crippen LogP contribution >= 0.6 is 0 Å². The molecule has 0 aliphatic rings. The van der Waals surface area contributed by atoms with Gasteiger partial charge in [0, 0.05) is 12.8 Å². The lowest BCUT2D eigenvalue weighted by atomic mass is 9.99. The first-order valence-corrected chi connectivity index (χ1v) is 31.9. The molecule has 0 aliphatic carbocycles. The second-order valence-electron chi connectivity index (χ2n) is 24.4. The van der Waals surface area contributed by atoms with Crippen LogP contribution in [0.4, 0.5) is 0 Å². The molecule has 542 valence electrons. The number of nitrogens with two attached hydrogens (primary N) is 5. The normalized spacial score (nSPS) is 15.4. The molecule has 12 amide bonds. The van der Waals surface area contributed by atoms with Crippen LogP contribution < -0.4 is 87.2 Å². The molecule has 0 spiro atoms. The molecule has 13 unspecified atom stereocenters. The number of hydrogen-bond acceptors (Lipinski definition) is 21. The van der Waals surface area contributed by atoms with E-state index in [-0.39, 0.29) is 76.4 Å². The first-order chi connectivity index (χ1) is 44.4. The quantitative estimate of drug-likeness (QED) is 0.0252. The molecule has 0 heterocycles. The number of carbonyl (C=O) groups is 15. The Bertz CT molecular complexity index is 2560. The van der Waals surface area contributed by atoms with Gasteiger partial charge in [0.1, 0.15) is 72.5 Å². The maximum atomic E-state index is 14.4. The van der Waals surface area contributed by atoms with E-state index in [0.717, 1.165) is 0 Å². The minimum Gasteiger partial charge on any atom is -0.481 e. The molecule has 0 bridgehead atoms. The molecule has 0 saturated carbocycles. The molecule has 26 N–H and O–H groups in total. The Hall–Kier alpha value is -8.19. The van der Waals surface area contributed by atoms with Gasteiger partial charge in [-0.1, -0.05) is 41.5 Å². The van der Waals surface area contributed by atoms with Gasteiger partial charge in [-0.2, -0.15) is 0 Å². The molecule has 0 saturated heterocycles. The Kier molecular flexibility index (Phi) is 42.1. The van der Waals surface area contributed by atoms with Crippen LogP contribution in [0, 0.1) is 17.8 Å². The van der Waals surface area contributed by atoms with E-state index in [4.69, 9.17) is 28.7 Å². The number of unbranched alkanes of at least 4 members (excludes halogenated alkanes) is 3. The van der Waals surface area contributed by atoms with Crippen molar-refractivity contribution in [3.8, 4) is 0 Å². The highest BCUT2D eigenvalue weighted by atomic mass is 16.4. The highest BCUT2D eigenvalue weighted by Crippen LogP contribution is 2.14. The third-order valence-electron chi connectivity index (χ3n) is 14.6. The summed E-state index contributed by atoms with van der Waals surface area (Å²) in [5.41, 5.74) is 28.0. The van der Waals surface area contributed by atoms with E-state index in [1.165, 1.54) is 27.7 Å². The monoisotopic (exact) mass is 1360 g/mol. The zero-order chi connectivity index (χ0) is 72.8. The van der Waals surface area contributed by atoms with Crippen molar-refractivity contribution in [2.75, 3.05) is 26.2 Å². The molecule has 95 heavy (non-hydrogen) atoms. The van der Waals surface area contributed by atoms with Crippen molar-refractivity contribution in [1.29, 1.82) is 0 Å². The summed E-state index contributed by atoms with van der Waals surface area (Å²) in [6.45, 7) is 11.7. The fraction of sp³-hybridized carbons (Fsp3) is 0.746. The van der Waals surface area contributed by atoms with E-state index < -0.39 is 212 Å². The van der Waals surface area contributed by atoms with E-state index in [1.54, 1.807) is 27.7 Å². The number of carbonyl (C=O) groups excluding carboxylic acids is 12. The largest absolute Gasteiger partial charge is 0.481 e. The standard InChI is InChI=1S/C59H106N16O20/c1-29(2)25-39(71-50(85)34(15-9-12-22-60)66-52(87)37(18-20-44(79)80)68-49(84)36(17-11-14-24-62)70-57(92)46(64)33(8)77)54(89)67-35(16-10-13-23-61)51(86)74-42(28-76)56(91)69-38(19-21-45(81)82)53(88)72-40(26-30(3)4)55(90)75-47(31(5)6)58(93)65-32(7)48(83)73-41(59(94)95)27-43(63)78/h29-42,46-47,76-77H,9-28,60-62,64H2,1-8H3,(H2,63,78)(H,65,93)(H,66,87)(H,67,89)(H,68,84)(H,69,91)(H,70,92)(H,71,85)(H,72,88)(H,73,83)(H,74,86)(H,75,90)(H,79,80)(H,81,82)(H,94,95). The third-order valence-corrected chi connectivity index (χ3v) is 14.6. The average Bonchev–Trinajstić information content (AvgIpc) is 0.896. The molecule has 0 aliphatic heterocycles. The number of amides is 12. The Morgan fingerprint density at radius 1 is 0.368 bits per heavy atom. The van der Waals surface area contributed by atoms with Crippen LogP contribution in [0.1, 0.15) is 158 Å². The summed E-state index contributed by atoms with van der Waals surface area (Å²) < 4.78 is 0. The van der Waals surface area contributed by atoms with E-state index >= 15 is 0 Å². The van der Waals surface area contributed by atoms with Gasteiger partial charge in [-0.3, -0.25) is 67.1 Å². The zero-order valence-electron chi connectivity index (χ0n) is 55.6. The number of carboxylic acid groups (broad SMARTS) is 3. The fourth-order valence-electron chi connectivity index (χ4n) is 9.21. The molecule has 0 aromatic heterocycles. The summed E-state index contributed by atoms with van der Waals surface area (Å²) in [4.78, 5) is 198. The fourth-order valence-corrected chi connectivity index (χ4v) is 9.21. The molecule has 0 aromatic rings. The number of hydrogen-bond donors (Lipinski definition) is 21. The predicted molar refractivity (Wildman–Crippen MR) is 341 cm³/mol. The van der Waals surface area contributed by atoms with Crippen molar-refractivity contribution in [3.05, 3.63) is 0 Å². The van der Waals surface area contributed by atoms with Crippen LogP contribution in [0.25, 0.3) is 0 Å². The molecule has 36 nitrogen and oxygen atoms in total. The van der Waals surface area contributed by atoms with Gasteiger partial charge in [0.25, 0.3) is 0 Å². The van der Waals surface area contributed by atoms with E-state index in [2.05, 4.69) is 58.5 Å². The maximum absolute atomic E-state index is 14.4. The number of rotatable bonds is 50. The van der Waals surface area contributed by atoms with Crippen molar-refractivity contribution in [2.45, 2.75) is 237 Å². The number of aliphatic carboxylic acids is 3. The summed E-state index contributed by atoms with van der Waals surface area (Å²) >= 11 is 0. The highest BCUT2D eigenvalue weighted by Gasteiger charge is 2.38. The minimum atomic E-state index is -1.89. The van der Waals surface area contributed by atoms with Gasteiger partial charge >= 0.3 is 17.9 Å². The summed E-state index contributed by atoms with van der Waals surface area (Å²) in [5, 5.41) is 75.7. The summed E-state index contributed by atoms with van der Waals surface area (Å²) in [5.74, 6) is -17.7. The Balaban J connectivity index is 6.92. The molecule has 0 radical (unpaired) electrons. The molecule has 0 aromatic carbocycles. The second-order valence-corrected chi connectivity index (χ2v) is 24.4. The Morgan fingerprint density at radius 2 is 0.674 bits per heavy atom. The molecular weight excluding hydrogens is 1250 g/mol. The first kappa shape index (κ1) is 86.8. The van der Waals surface area contributed by atoms with Crippen LogP contribution in [-0.4, -0.2) is 219 Å². The van der Waals surface area contributed by atoms with Crippen LogP contribution in [0.2, 0.25) is 0 Å². The second kappa shape index (κ2) is 46.0. The molecular formula is C59H106N16O20. The Labute approximate surface area is 552 Å². The van der Waals surface area contributed by atoms with Gasteiger partial charge in [-0.25, -0.2) is 4.79 Å². The van der Waals surface area contributed by atoms with Gasteiger partial charge in [-0.15, -0.1) is 0 Å². The van der Waals surface area contributed by atoms with Crippen molar-refractivity contribution in [2.24, 2.45) is 46.4 Å². The lowest BCUT2D eigenvalue weighted by Crippen LogP contribution is -2.61. The topological polar surface area (TPSA) is 620 Å². The van der Waals surface area contributed by atoms with Crippen LogP contribution in [0.5, 0.6) is 0 Å². The molecule has 36 heteroatoms. The minimum absolute atomic E-state index is 0.000310. The number of primary amides is 1. The van der Waals surface area contributed by atoms with Crippen molar-refractivity contribution >= 4 is 88.8 Å². The molecule has 0 fully saturated rings. The van der Waals surface area contributed by atoms with E-state index in [9.17, 15) is 97.5 Å². The summed E-state index contributed by atoms with van der Waals surface area (Å²) in [6, 6.07) is -18.4. The van der Waals surface area contributed by atoms with Crippen molar-refractivity contribution in [3.63, 3.8) is 0 Å². The van der Waals surface area contributed by atoms with Crippen LogP contribution in [0.15, 0.2) is 0 Å². The number of aliphatic hydroxyl groups is 2. The lowest BCUT2D eigenvalue weighted by molar-refractivity contribution is -0.143. The predicted octanol–water partition coefficient (Wildman–Crippen LogP) is -6.14. The molecule has 13 atom stereocenters. The zero-order valence-corrected chi connectivity index (χ0v) is 55.6. The van der Waals surface area contributed by atoms with Gasteiger partial charge in [-0.05, 0) is 135 Å². The van der Waals surface area contributed by atoms with Crippen molar-refractivity contribution < 1.29 is 97.5 Å². The number of aliphatic hydroxyl groups excluding tert-OH is 2. The van der Waals surface area contributed by atoms with Crippen molar-refractivity contribution in [1.82, 2.24) is 58.5 Å². The smallest absolute Gasteiger partial charge is 0.326 e. The van der Waals surface area contributed by atoms with Gasteiger partial charge in [0.15, 0.2) is 0 Å². The van der Waals surface area contributed by atoms with Crippen LogP contribution in [0.3, 0.4) is 0 Å². The van der Waals surface area contributed by atoms with Gasteiger partial charge < -0.3 is 113 Å². The van der Waals surface area contributed by atoms with E-state index in [1.807, 2.05) is 0 Å². The highest BCUT2D eigenvalue weighted by molar-refractivity contribution is 6.00. The third kappa shape index (κ3) is 35.2. The van der Waals surface area contributed by atoms with Gasteiger partial charge in [0.2, 0.25) is 70.9 Å². The maximum Gasteiger partial charge on any atom is 0.326 e. The average molecular weight is 1360 g/mol. The SMILES string of the molecule is CC(C)CC(NC(=O)C(CCCCN)NC(=O)C(CCC(=O)O)NC(=O)C(CCCCN)NC(=O)C(N)C(C)O)C(=O)NC(CCCCN)C(=O)NC(CO)C(=O)NC(CCC(=O)O)C(=O)NC(CC(C)C)C(=O)NC(C(=O)NC(C)C(=O)NC(CC(N)=O)C(=O)O)C(C)C. The first-order valence-electron chi connectivity index (χ1n) is 31.9. The Morgan fingerprint density at radius 3 is 0.979 bits per heavy atom. The van der Waals surface area contributed by atoms with E-state index in [0.29, 0.717) is 25.7 Å². The number of nitrogens with one attached hydrogen (secondary N) is 11. The summed E-state index contributed by atoms with van der Waals surface area (Å²) in [7, 11) is 0.